The molecule has 17 heavy (non-hydrogen) atoms. The van der Waals surface area contributed by atoms with E-state index in [1.807, 2.05) is 25.1 Å². The van der Waals surface area contributed by atoms with E-state index in [0.29, 0.717) is 5.56 Å². The van der Waals surface area contributed by atoms with Gasteiger partial charge in [-0.25, -0.2) is 4.39 Å². The Kier molecular flexibility index (Phi) is 3.60. The summed E-state index contributed by atoms with van der Waals surface area (Å²) in [5.74, 6) is -0.266. The minimum Gasteiger partial charge on any atom is -0.320 e. The van der Waals surface area contributed by atoms with Crippen molar-refractivity contribution in [3.05, 3.63) is 69.4 Å². The second-order valence-electron chi connectivity index (χ2n) is 4.06. The van der Waals surface area contributed by atoms with Gasteiger partial charge in [-0.2, -0.15) is 0 Å². The lowest BCUT2D eigenvalue weighted by molar-refractivity contribution is 0.599. The Morgan fingerprint density at radius 2 is 1.88 bits per heavy atom. The molecule has 2 aromatic rings. The first-order chi connectivity index (χ1) is 8.08. The number of benzene rings is 2. The topological polar surface area (TPSA) is 26.0 Å². The molecule has 0 amide bonds. The van der Waals surface area contributed by atoms with Crippen LogP contribution >= 0.6 is 15.9 Å². The molecule has 0 fully saturated rings. The van der Waals surface area contributed by atoms with E-state index < -0.39 is 6.04 Å². The van der Waals surface area contributed by atoms with E-state index >= 15 is 0 Å². The van der Waals surface area contributed by atoms with Gasteiger partial charge in [-0.05, 0) is 36.2 Å². The molecule has 0 spiro atoms. The van der Waals surface area contributed by atoms with Crippen LogP contribution in [0.1, 0.15) is 22.7 Å². The second-order valence-corrected chi connectivity index (χ2v) is 4.98. The van der Waals surface area contributed by atoms with E-state index in [4.69, 9.17) is 5.73 Å². The molecule has 0 aromatic heterocycles. The number of rotatable bonds is 2. The van der Waals surface area contributed by atoms with Crippen LogP contribution < -0.4 is 5.73 Å². The van der Waals surface area contributed by atoms with Crippen LogP contribution in [0.25, 0.3) is 0 Å². The molecule has 0 saturated heterocycles. The summed E-state index contributed by atoms with van der Waals surface area (Å²) in [4.78, 5) is 0. The summed E-state index contributed by atoms with van der Waals surface area (Å²) < 4.78 is 14.6. The van der Waals surface area contributed by atoms with Gasteiger partial charge in [0, 0.05) is 10.0 Å². The smallest absolute Gasteiger partial charge is 0.128 e. The lowest BCUT2D eigenvalue weighted by Gasteiger charge is -2.14. The molecular formula is C14H13BrFN. The number of halogens is 2. The minimum atomic E-state index is -0.438. The molecule has 0 heterocycles. The largest absolute Gasteiger partial charge is 0.320 e. The summed E-state index contributed by atoms with van der Waals surface area (Å²) in [7, 11) is 0. The first kappa shape index (κ1) is 12.3. The van der Waals surface area contributed by atoms with Crippen LogP contribution in [0, 0.1) is 12.7 Å². The van der Waals surface area contributed by atoms with Crippen LogP contribution in [0.5, 0.6) is 0 Å². The fourth-order valence-corrected chi connectivity index (χ4v) is 2.48. The van der Waals surface area contributed by atoms with Crippen LogP contribution in [0.15, 0.2) is 46.9 Å². The molecule has 1 nitrogen and oxygen atoms in total. The van der Waals surface area contributed by atoms with Crippen molar-refractivity contribution in [2.75, 3.05) is 0 Å². The molecule has 0 saturated carbocycles. The van der Waals surface area contributed by atoms with Gasteiger partial charge >= 0.3 is 0 Å². The molecule has 0 radical (unpaired) electrons. The normalized spacial score (nSPS) is 12.5. The van der Waals surface area contributed by atoms with Crippen molar-refractivity contribution in [2.24, 2.45) is 5.73 Å². The monoisotopic (exact) mass is 293 g/mol. The maximum absolute atomic E-state index is 13.6. The highest BCUT2D eigenvalue weighted by molar-refractivity contribution is 9.10. The van der Waals surface area contributed by atoms with Gasteiger partial charge in [0.25, 0.3) is 0 Å². The van der Waals surface area contributed by atoms with Gasteiger partial charge in [0.05, 0.1) is 6.04 Å². The molecule has 2 rings (SSSR count). The molecule has 2 aromatic carbocycles. The zero-order valence-corrected chi connectivity index (χ0v) is 11.0. The van der Waals surface area contributed by atoms with Crippen LogP contribution in [-0.2, 0) is 0 Å². The lowest BCUT2D eigenvalue weighted by Crippen LogP contribution is -2.13. The number of hydrogen-bond donors (Lipinski definition) is 1. The van der Waals surface area contributed by atoms with Crippen LogP contribution in [0.3, 0.4) is 0 Å². The highest BCUT2D eigenvalue weighted by atomic mass is 79.9. The van der Waals surface area contributed by atoms with Crippen molar-refractivity contribution in [1.82, 2.24) is 0 Å². The summed E-state index contributed by atoms with van der Waals surface area (Å²) >= 11 is 3.42. The SMILES string of the molecule is Cc1cc(Br)cc(C(N)c2ccccc2F)c1. The average molecular weight is 294 g/mol. The van der Waals surface area contributed by atoms with Gasteiger partial charge in [0.1, 0.15) is 5.82 Å². The van der Waals surface area contributed by atoms with Crippen LogP contribution in [0.4, 0.5) is 4.39 Å². The molecular weight excluding hydrogens is 281 g/mol. The molecule has 2 N–H and O–H groups in total. The lowest BCUT2D eigenvalue weighted by atomic mass is 9.98. The third-order valence-electron chi connectivity index (χ3n) is 2.66. The van der Waals surface area contributed by atoms with Crippen LogP contribution in [0.2, 0.25) is 0 Å². The summed E-state index contributed by atoms with van der Waals surface area (Å²) in [6.07, 6.45) is 0. The molecule has 1 unspecified atom stereocenters. The summed E-state index contributed by atoms with van der Waals surface area (Å²) in [6, 6.07) is 12.1. The summed E-state index contributed by atoms with van der Waals surface area (Å²) in [5, 5.41) is 0. The van der Waals surface area contributed by atoms with Crippen molar-refractivity contribution in [1.29, 1.82) is 0 Å². The molecule has 0 bridgehead atoms. The fraction of sp³-hybridized carbons (Fsp3) is 0.143. The Hall–Kier alpha value is -1.19. The zero-order valence-electron chi connectivity index (χ0n) is 9.45. The van der Waals surface area contributed by atoms with Gasteiger partial charge in [-0.3, -0.25) is 0 Å². The number of nitrogens with two attached hydrogens (primary N) is 1. The molecule has 0 aliphatic heterocycles. The van der Waals surface area contributed by atoms with Gasteiger partial charge < -0.3 is 5.73 Å². The Labute approximate surface area is 109 Å². The number of aryl methyl sites for hydroxylation is 1. The van der Waals surface area contributed by atoms with E-state index in [-0.39, 0.29) is 5.82 Å². The Morgan fingerprint density at radius 3 is 2.53 bits per heavy atom. The zero-order chi connectivity index (χ0) is 12.4. The van der Waals surface area contributed by atoms with Crippen LogP contribution in [-0.4, -0.2) is 0 Å². The highest BCUT2D eigenvalue weighted by Crippen LogP contribution is 2.25. The van der Waals surface area contributed by atoms with Crippen molar-refractivity contribution in [3.63, 3.8) is 0 Å². The molecule has 3 heteroatoms. The Balaban J connectivity index is 2.43. The van der Waals surface area contributed by atoms with Crippen molar-refractivity contribution < 1.29 is 4.39 Å². The average Bonchev–Trinajstić information content (AvgIpc) is 2.27. The van der Waals surface area contributed by atoms with E-state index in [1.165, 1.54) is 6.07 Å². The maximum Gasteiger partial charge on any atom is 0.128 e. The van der Waals surface area contributed by atoms with Gasteiger partial charge in [-0.1, -0.05) is 40.2 Å². The standard InChI is InChI=1S/C14H13BrFN/c1-9-6-10(8-11(15)7-9)14(17)12-4-2-3-5-13(12)16/h2-8,14H,17H2,1H3. The predicted octanol–water partition coefficient (Wildman–Crippen LogP) is 3.94. The van der Waals surface area contributed by atoms with Gasteiger partial charge in [-0.15, -0.1) is 0 Å². The van der Waals surface area contributed by atoms with Gasteiger partial charge in [0.2, 0.25) is 0 Å². The first-order valence-corrected chi connectivity index (χ1v) is 6.14. The predicted molar refractivity (Wildman–Crippen MR) is 71.3 cm³/mol. The molecule has 88 valence electrons. The van der Waals surface area contributed by atoms with E-state index in [2.05, 4.69) is 15.9 Å². The van der Waals surface area contributed by atoms with Gasteiger partial charge in [0.15, 0.2) is 0 Å². The summed E-state index contributed by atoms with van der Waals surface area (Å²) in [6.45, 7) is 1.99. The van der Waals surface area contributed by atoms with Crippen molar-refractivity contribution in [3.8, 4) is 0 Å². The highest BCUT2D eigenvalue weighted by Gasteiger charge is 2.13. The third-order valence-corrected chi connectivity index (χ3v) is 3.12. The Morgan fingerprint density at radius 1 is 1.18 bits per heavy atom. The minimum absolute atomic E-state index is 0.266. The van der Waals surface area contributed by atoms with E-state index in [0.717, 1.165) is 15.6 Å². The molecule has 0 aliphatic carbocycles. The first-order valence-electron chi connectivity index (χ1n) is 5.35. The van der Waals surface area contributed by atoms with Crippen molar-refractivity contribution in [2.45, 2.75) is 13.0 Å². The number of hydrogen-bond acceptors (Lipinski definition) is 1. The molecule has 0 aliphatic rings. The third kappa shape index (κ3) is 2.73. The van der Waals surface area contributed by atoms with Crippen molar-refractivity contribution >= 4 is 15.9 Å². The molecule has 1 atom stereocenters. The van der Waals surface area contributed by atoms with E-state index in [9.17, 15) is 4.39 Å². The summed E-state index contributed by atoms with van der Waals surface area (Å²) in [5.41, 5.74) is 8.62. The fourth-order valence-electron chi connectivity index (χ4n) is 1.85. The maximum atomic E-state index is 13.6. The Bertz CT molecular complexity index is 519. The quantitative estimate of drug-likeness (QED) is 0.892. The second kappa shape index (κ2) is 4.98. The van der Waals surface area contributed by atoms with E-state index in [1.54, 1.807) is 18.2 Å².